The first-order chi connectivity index (χ1) is 9.67. The van der Waals surface area contributed by atoms with Gasteiger partial charge in [-0.2, -0.15) is 0 Å². The first-order valence-electron chi connectivity index (χ1n) is 7.83. The van der Waals surface area contributed by atoms with Crippen LogP contribution in [-0.2, 0) is 4.43 Å². The van der Waals surface area contributed by atoms with Gasteiger partial charge in [-0.05, 0) is 49.5 Å². The fourth-order valence-electron chi connectivity index (χ4n) is 2.47. The van der Waals surface area contributed by atoms with Gasteiger partial charge in [-0.1, -0.05) is 20.8 Å². The van der Waals surface area contributed by atoms with E-state index in [0.717, 1.165) is 25.1 Å². The number of nitrogens with two attached hydrogens (primary N) is 1. The molecule has 0 amide bonds. The van der Waals surface area contributed by atoms with Crippen LogP contribution in [0.5, 0.6) is 0 Å². The minimum atomic E-state index is -1.66. The van der Waals surface area contributed by atoms with Crippen molar-refractivity contribution in [3.63, 3.8) is 0 Å². The molecule has 2 rings (SSSR count). The van der Waals surface area contributed by atoms with Crippen LogP contribution in [0.1, 0.15) is 40.0 Å². The fraction of sp³-hybridized carbons (Fsp3) is 0.688. The number of hydrogen-bond donors (Lipinski definition) is 2. The summed E-state index contributed by atoms with van der Waals surface area (Å²) in [4.78, 5) is 4.31. The number of pyridine rings is 1. The summed E-state index contributed by atoms with van der Waals surface area (Å²) in [6, 6.07) is 4.28. The highest BCUT2D eigenvalue weighted by molar-refractivity contribution is 6.74. The summed E-state index contributed by atoms with van der Waals surface area (Å²) >= 11 is 0. The number of aromatic nitrogens is 1. The lowest BCUT2D eigenvalue weighted by atomic mass is 10.2. The minimum Gasteiger partial charge on any atom is -0.414 e. The van der Waals surface area contributed by atoms with Crippen molar-refractivity contribution < 1.29 is 4.43 Å². The largest absolute Gasteiger partial charge is 0.414 e. The van der Waals surface area contributed by atoms with E-state index in [4.69, 9.17) is 10.2 Å². The van der Waals surface area contributed by atoms with Gasteiger partial charge < -0.3 is 15.5 Å². The molecule has 1 aliphatic rings. The molecule has 0 aliphatic heterocycles. The standard InChI is InChI=1S/C16H29N3OSi/c1-16(2,3)21(4,5)20-14-8-7-13(10-14)19-15-9-6-12(17)11-18-15/h6,9,11,13-14H,7-8,10,17H2,1-5H3,(H,18,19)/t13-,14-/m0/s1. The first kappa shape index (κ1) is 16.3. The maximum absolute atomic E-state index is 6.51. The molecule has 0 aromatic carbocycles. The van der Waals surface area contributed by atoms with Crippen LogP contribution in [0.25, 0.3) is 0 Å². The summed E-state index contributed by atoms with van der Waals surface area (Å²) in [5.41, 5.74) is 6.36. The van der Waals surface area contributed by atoms with E-state index in [1.807, 2.05) is 12.1 Å². The maximum Gasteiger partial charge on any atom is 0.192 e. The Morgan fingerprint density at radius 2 is 2.00 bits per heavy atom. The lowest BCUT2D eigenvalue weighted by molar-refractivity contribution is 0.187. The van der Waals surface area contributed by atoms with Crippen molar-refractivity contribution in [2.24, 2.45) is 0 Å². The van der Waals surface area contributed by atoms with Crippen LogP contribution >= 0.6 is 0 Å². The molecule has 21 heavy (non-hydrogen) atoms. The Bertz CT molecular complexity index is 467. The highest BCUT2D eigenvalue weighted by Gasteiger charge is 2.40. The third-order valence-electron chi connectivity index (χ3n) is 4.79. The highest BCUT2D eigenvalue weighted by Crippen LogP contribution is 2.39. The Labute approximate surface area is 129 Å². The zero-order valence-electron chi connectivity index (χ0n) is 13.9. The predicted octanol–water partition coefficient (Wildman–Crippen LogP) is 4.02. The molecule has 2 atom stereocenters. The molecule has 3 N–H and O–H groups in total. The van der Waals surface area contributed by atoms with Gasteiger partial charge in [0.05, 0.1) is 11.9 Å². The topological polar surface area (TPSA) is 60.2 Å². The van der Waals surface area contributed by atoms with Crippen molar-refractivity contribution >= 4 is 19.8 Å². The molecular weight excluding hydrogens is 278 g/mol. The lowest BCUT2D eigenvalue weighted by Gasteiger charge is -2.38. The smallest absolute Gasteiger partial charge is 0.192 e. The molecular formula is C16H29N3OSi. The van der Waals surface area contributed by atoms with Gasteiger partial charge in [0.1, 0.15) is 5.82 Å². The quantitative estimate of drug-likeness (QED) is 0.825. The van der Waals surface area contributed by atoms with Crippen LogP contribution in [0.2, 0.25) is 18.1 Å². The third-order valence-corrected chi connectivity index (χ3v) is 9.33. The average molecular weight is 308 g/mol. The second kappa shape index (κ2) is 5.97. The van der Waals surface area contributed by atoms with Crippen molar-refractivity contribution in [2.45, 2.75) is 70.3 Å². The minimum absolute atomic E-state index is 0.275. The van der Waals surface area contributed by atoms with Gasteiger partial charge in [-0.25, -0.2) is 4.98 Å². The number of rotatable bonds is 4. The van der Waals surface area contributed by atoms with Crippen molar-refractivity contribution in [1.82, 2.24) is 4.98 Å². The molecule has 0 spiro atoms. The highest BCUT2D eigenvalue weighted by atomic mass is 28.4. The zero-order valence-corrected chi connectivity index (χ0v) is 14.9. The van der Waals surface area contributed by atoms with E-state index < -0.39 is 8.32 Å². The summed E-state index contributed by atoms with van der Waals surface area (Å²) in [5, 5.41) is 3.77. The monoisotopic (exact) mass is 307 g/mol. The number of nitrogens with one attached hydrogen (secondary N) is 1. The molecule has 0 saturated heterocycles. The van der Waals surface area contributed by atoms with Gasteiger partial charge in [0.25, 0.3) is 0 Å². The third kappa shape index (κ3) is 4.20. The summed E-state index contributed by atoms with van der Waals surface area (Å²) < 4.78 is 6.51. The lowest BCUT2D eigenvalue weighted by Crippen LogP contribution is -2.43. The van der Waals surface area contributed by atoms with E-state index in [1.54, 1.807) is 6.20 Å². The van der Waals surface area contributed by atoms with Gasteiger partial charge >= 0.3 is 0 Å². The van der Waals surface area contributed by atoms with E-state index in [2.05, 4.69) is 44.2 Å². The van der Waals surface area contributed by atoms with Gasteiger partial charge in [0.15, 0.2) is 8.32 Å². The molecule has 1 aromatic rings. The molecule has 1 fully saturated rings. The molecule has 0 unspecified atom stereocenters. The van der Waals surface area contributed by atoms with Crippen LogP contribution in [-0.4, -0.2) is 25.4 Å². The molecule has 0 bridgehead atoms. The molecule has 1 saturated carbocycles. The molecule has 5 heteroatoms. The second-order valence-corrected chi connectivity index (χ2v) is 12.4. The number of hydrogen-bond acceptors (Lipinski definition) is 4. The Hall–Kier alpha value is -1.07. The summed E-state index contributed by atoms with van der Waals surface area (Å²) in [6.45, 7) is 11.5. The number of nitrogens with zero attached hydrogens (tertiary/aromatic N) is 1. The van der Waals surface area contributed by atoms with Gasteiger partial charge in [0.2, 0.25) is 0 Å². The molecule has 118 valence electrons. The van der Waals surface area contributed by atoms with Crippen LogP contribution < -0.4 is 11.1 Å². The SMILES string of the molecule is CC(C)(C)[Si](C)(C)O[C@H]1CC[C@H](Nc2ccc(N)cn2)C1. The molecule has 1 heterocycles. The van der Waals surface area contributed by atoms with E-state index in [0.29, 0.717) is 17.8 Å². The molecule has 0 radical (unpaired) electrons. The van der Waals surface area contributed by atoms with E-state index in [1.165, 1.54) is 0 Å². The van der Waals surface area contributed by atoms with E-state index in [9.17, 15) is 0 Å². The summed E-state index contributed by atoms with van der Waals surface area (Å²) in [7, 11) is -1.66. The Balaban J connectivity index is 1.88. The second-order valence-electron chi connectivity index (χ2n) is 7.63. The average Bonchev–Trinajstić information content (AvgIpc) is 2.77. The van der Waals surface area contributed by atoms with Gasteiger partial charge in [0, 0.05) is 12.1 Å². The van der Waals surface area contributed by atoms with Gasteiger partial charge in [-0.15, -0.1) is 0 Å². The Morgan fingerprint density at radius 3 is 2.57 bits per heavy atom. The maximum atomic E-state index is 6.51. The molecule has 1 aliphatic carbocycles. The Kier molecular flexibility index (Phi) is 4.63. The molecule has 4 nitrogen and oxygen atoms in total. The van der Waals surface area contributed by atoms with Crippen molar-refractivity contribution in [3.8, 4) is 0 Å². The van der Waals surface area contributed by atoms with Crippen molar-refractivity contribution in [1.29, 1.82) is 0 Å². The summed E-state index contributed by atoms with van der Waals surface area (Å²) in [5.74, 6) is 0.905. The van der Waals surface area contributed by atoms with Crippen molar-refractivity contribution in [2.75, 3.05) is 11.1 Å². The number of anilines is 2. The van der Waals surface area contributed by atoms with Gasteiger partial charge in [-0.3, -0.25) is 0 Å². The normalized spacial score (nSPS) is 23.3. The van der Waals surface area contributed by atoms with Crippen LogP contribution in [0.15, 0.2) is 18.3 Å². The fourth-order valence-corrected chi connectivity index (χ4v) is 3.87. The first-order valence-corrected chi connectivity index (χ1v) is 10.7. The van der Waals surface area contributed by atoms with Crippen LogP contribution in [0, 0.1) is 0 Å². The van der Waals surface area contributed by atoms with Crippen LogP contribution in [0.3, 0.4) is 0 Å². The molecule has 1 aromatic heterocycles. The van der Waals surface area contributed by atoms with Crippen LogP contribution in [0.4, 0.5) is 11.5 Å². The van der Waals surface area contributed by atoms with E-state index >= 15 is 0 Å². The number of nitrogen functional groups attached to an aromatic ring is 1. The van der Waals surface area contributed by atoms with E-state index in [-0.39, 0.29) is 5.04 Å². The van der Waals surface area contributed by atoms with Crippen molar-refractivity contribution in [3.05, 3.63) is 18.3 Å². The predicted molar refractivity (Wildman–Crippen MR) is 92.0 cm³/mol. The Morgan fingerprint density at radius 1 is 1.29 bits per heavy atom. The zero-order chi connectivity index (χ0) is 15.7. The summed E-state index contributed by atoms with van der Waals surface area (Å²) in [6.07, 6.45) is 5.43.